The van der Waals surface area contributed by atoms with Gasteiger partial charge in [-0.2, -0.15) is 0 Å². The first-order valence-electron chi connectivity index (χ1n) is 2.78. The van der Waals surface area contributed by atoms with Crippen LogP contribution in [0.25, 0.3) is 0 Å². The van der Waals surface area contributed by atoms with Crippen LogP contribution in [-0.2, 0) is 25.1 Å². The molecule has 0 fully saturated rings. The van der Waals surface area contributed by atoms with Crippen LogP contribution in [0.3, 0.4) is 0 Å². The van der Waals surface area contributed by atoms with E-state index in [2.05, 4.69) is 6.64 Å². The molecule has 0 radical (unpaired) electrons. The number of hydrogen-bond acceptors (Lipinski definition) is 2. The summed E-state index contributed by atoms with van der Waals surface area (Å²) in [7, 11) is 0. The molecule has 56 valence electrons. The van der Waals surface area contributed by atoms with E-state index in [1.807, 2.05) is 0 Å². The maximum atomic E-state index is 12.2. The second-order valence-electron chi connectivity index (χ2n) is 1.33. The van der Waals surface area contributed by atoms with Gasteiger partial charge >= 0.3 is 58.3 Å². The topological polar surface area (TPSA) is 18.5 Å². The Morgan fingerprint density at radius 1 is 1.11 bits per heavy atom. The van der Waals surface area contributed by atoms with Crippen LogP contribution in [0, 0.1) is 0 Å². The molecule has 5 heteroatoms. The summed E-state index contributed by atoms with van der Waals surface area (Å²) in [6.45, 7) is 3.12. The summed E-state index contributed by atoms with van der Waals surface area (Å²) in [4.78, 5) is 0. The monoisotopic (exact) mass is 176 g/mol. The van der Waals surface area contributed by atoms with Gasteiger partial charge in [-0.1, -0.05) is 0 Å². The molecule has 0 saturated carbocycles. The molecule has 0 saturated heterocycles. The fraction of sp³-hybridized carbons (Fsp3) is 1.00. The van der Waals surface area contributed by atoms with Gasteiger partial charge in [0.1, 0.15) is 0 Å². The van der Waals surface area contributed by atoms with Crippen LogP contribution in [0.5, 0.6) is 0 Å². The van der Waals surface area contributed by atoms with Gasteiger partial charge in [0.25, 0.3) is 0 Å². The molecular weight excluding hydrogens is 166 g/mol. The van der Waals surface area contributed by atoms with Gasteiger partial charge in [0.2, 0.25) is 0 Å². The Kier molecular flexibility index (Phi) is 4.57. The summed E-state index contributed by atoms with van der Waals surface area (Å²) in [6, 6.07) is 0. The predicted octanol–water partition coefficient (Wildman–Crippen LogP) is 1.81. The van der Waals surface area contributed by atoms with Crippen molar-refractivity contribution >= 4 is 0 Å². The zero-order chi connectivity index (χ0) is 7.33. The van der Waals surface area contributed by atoms with Crippen LogP contribution in [0.4, 0.5) is 6.18 Å². The van der Waals surface area contributed by atoms with Crippen LogP contribution in [-0.4, -0.2) is 13.2 Å². The van der Waals surface area contributed by atoms with E-state index in [0.717, 1.165) is 0 Å². The Labute approximate surface area is 58.8 Å². The Balaban J connectivity index is 3.43. The average Bonchev–Trinajstić information content (AvgIpc) is 1.64. The van der Waals surface area contributed by atoms with Crippen molar-refractivity contribution in [2.24, 2.45) is 0 Å². The normalized spacial score (nSPS) is 12.0. The second-order valence-corrected chi connectivity index (χ2v) is 3.68. The predicted molar refractivity (Wildman–Crippen MR) is 25.5 cm³/mol. The molecule has 0 spiro atoms. The van der Waals surface area contributed by atoms with Gasteiger partial charge in [-0.05, 0) is 0 Å². The first-order chi connectivity index (χ1) is 4.12. The van der Waals surface area contributed by atoms with E-state index in [-0.39, 0.29) is 13.2 Å². The summed E-state index contributed by atoms with van der Waals surface area (Å²) in [5, 5.41) is 0. The molecule has 0 aromatic carbocycles. The fourth-order valence-electron chi connectivity index (χ4n) is 0.378. The van der Waals surface area contributed by atoms with Crippen molar-refractivity contribution in [3.8, 4) is 0 Å². The summed E-state index contributed by atoms with van der Waals surface area (Å²) in [6.07, 6.45) is 0. The van der Waals surface area contributed by atoms with E-state index in [1.54, 1.807) is 0 Å². The fourth-order valence-corrected chi connectivity index (χ4v) is 1.56. The summed E-state index contributed by atoms with van der Waals surface area (Å²) in [5.74, 6) is 0. The molecule has 0 bridgehead atoms. The summed E-state index contributed by atoms with van der Waals surface area (Å²) >= 11 is -5.16. The molecule has 0 rings (SSSR count). The molecule has 0 amide bonds. The van der Waals surface area contributed by atoms with Crippen LogP contribution >= 0.6 is 0 Å². The summed E-state index contributed by atoms with van der Waals surface area (Å²) in [5.41, 5.74) is 0. The molecule has 2 nitrogen and oxygen atoms in total. The van der Waals surface area contributed by atoms with Crippen molar-refractivity contribution < 1.29 is 31.3 Å². The van der Waals surface area contributed by atoms with Crippen molar-refractivity contribution in [3.05, 3.63) is 0 Å². The van der Waals surface area contributed by atoms with E-state index in [4.69, 9.17) is 0 Å². The Bertz CT molecular complexity index is 71.0. The molecule has 0 N–H and O–H groups in total. The van der Waals surface area contributed by atoms with Crippen molar-refractivity contribution in [2.45, 2.75) is 13.8 Å². The van der Waals surface area contributed by atoms with Crippen molar-refractivity contribution in [2.75, 3.05) is 13.2 Å². The minimum atomic E-state index is -5.16. The SMILES string of the molecule is CC[O][Ti]([F])([F])[O]CC. The van der Waals surface area contributed by atoms with Gasteiger partial charge in [0.05, 0.1) is 0 Å². The quantitative estimate of drug-likeness (QED) is 0.608. The Morgan fingerprint density at radius 2 is 1.44 bits per heavy atom. The van der Waals surface area contributed by atoms with Crippen LogP contribution in [0.1, 0.15) is 13.8 Å². The number of rotatable bonds is 4. The van der Waals surface area contributed by atoms with Gasteiger partial charge in [0.15, 0.2) is 0 Å². The molecule has 0 aromatic heterocycles. The van der Waals surface area contributed by atoms with Gasteiger partial charge in [0, 0.05) is 0 Å². The summed E-state index contributed by atoms with van der Waals surface area (Å²) < 4.78 is 32.5. The number of hydrogen-bond donors (Lipinski definition) is 0. The third-order valence-corrected chi connectivity index (χ3v) is 2.58. The van der Waals surface area contributed by atoms with E-state index in [1.165, 1.54) is 13.8 Å². The average molecular weight is 176 g/mol. The Hall–Kier alpha value is 0.494. The van der Waals surface area contributed by atoms with E-state index in [9.17, 15) is 6.18 Å². The third kappa shape index (κ3) is 4.97. The molecule has 0 aliphatic heterocycles. The van der Waals surface area contributed by atoms with Gasteiger partial charge in [-0.25, -0.2) is 0 Å². The third-order valence-electron chi connectivity index (χ3n) is 0.625. The first-order valence-corrected chi connectivity index (χ1v) is 5.23. The standard InChI is InChI=1S/2C2H5O.2FH.Ti/c2*1-2-3;;;/h2*2H2,1H3;2*1H;/q2*-1;;;+4/p-2. The van der Waals surface area contributed by atoms with Crippen LogP contribution in [0.15, 0.2) is 0 Å². The van der Waals surface area contributed by atoms with E-state index < -0.39 is 18.4 Å². The number of halogens is 2. The van der Waals surface area contributed by atoms with Gasteiger partial charge in [-0.15, -0.1) is 0 Å². The molecule has 0 aliphatic carbocycles. The first kappa shape index (κ1) is 9.49. The molecule has 0 aromatic rings. The van der Waals surface area contributed by atoms with Crippen molar-refractivity contribution in [1.29, 1.82) is 0 Å². The molecule has 9 heavy (non-hydrogen) atoms. The van der Waals surface area contributed by atoms with Crippen LogP contribution < -0.4 is 0 Å². The minimum absolute atomic E-state index is 0.0347. The molecular formula is C4H10F2O2Ti. The molecule has 0 unspecified atom stereocenters. The Morgan fingerprint density at radius 3 is 1.67 bits per heavy atom. The molecule has 0 atom stereocenters. The van der Waals surface area contributed by atoms with Crippen molar-refractivity contribution in [1.82, 2.24) is 0 Å². The van der Waals surface area contributed by atoms with Crippen LogP contribution in [0.2, 0.25) is 0 Å². The zero-order valence-electron chi connectivity index (χ0n) is 5.49. The second kappa shape index (κ2) is 4.33. The van der Waals surface area contributed by atoms with E-state index in [0.29, 0.717) is 0 Å². The van der Waals surface area contributed by atoms with Gasteiger partial charge < -0.3 is 0 Å². The zero-order valence-corrected chi connectivity index (χ0v) is 7.05. The molecule has 0 heterocycles. The van der Waals surface area contributed by atoms with E-state index >= 15 is 0 Å². The molecule has 0 aliphatic rings. The van der Waals surface area contributed by atoms with Gasteiger partial charge in [-0.3, -0.25) is 0 Å². The maximum absolute atomic E-state index is 12.2. The van der Waals surface area contributed by atoms with Crippen molar-refractivity contribution in [3.63, 3.8) is 0 Å².